The van der Waals surface area contributed by atoms with Crippen LogP contribution < -0.4 is 5.32 Å². The molecular formula is C13H27NOS. The zero-order valence-electron chi connectivity index (χ0n) is 11.0. The summed E-state index contributed by atoms with van der Waals surface area (Å²) in [6, 6.07) is 1.31. The predicted molar refractivity (Wildman–Crippen MR) is 73.3 cm³/mol. The Balaban J connectivity index is 2.30. The summed E-state index contributed by atoms with van der Waals surface area (Å²) in [6.07, 6.45) is 6.69. The van der Waals surface area contributed by atoms with Crippen LogP contribution in [-0.2, 0) is 4.74 Å². The summed E-state index contributed by atoms with van der Waals surface area (Å²) in [5.41, 5.74) is 0. The standard InChI is InChI=1S/C13H27NOS/c1-4-16-13-8-6-5-7-12(13)14-11(2)9-10-15-3/h11-14H,4-10H2,1-3H3. The van der Waals surface area contributed by atoms with Gasteiger partial charge < -0.3 is 10.1 Å². The van der Waals surface area contributed by atoms with Crippen molar-refractivity contribution in [2.24, 2.45) is 0 Å². The van der Waals surface area contributed by atoms with Crippen molar-refractivity contribution < 1.29 is 4.74 Å². The lowest BCUT2D eigenvalue weighted by atomic mass is 9.94. The first kappa shape index (κ1) is 14.3. The van der Waals surface area contributed by atoms with Crippen LogP contribution in [0.15, 0.2) is 0 Å². The molecular weight excluding hydrogens is 218 g/mol. The van der Waals surface area contributed by atoms with Crippen LogP contribution in [0.3, 0.4) is 0 Å². The Hall–Kier alpha value is 0.270. The third-order valence-electron chi connectivity index (χ3n) is 3.34. The fourth-order valence-electron chi connectivity index (χ4n) is 2.44. The number of nitrogens with one attached hydrogen (secondary N) is 1. The van der Waals surface area contributed by atoms with Gasteiger partial charge in [-0.2, -0.15) is 11.8 Å². The van der Waals surface area contributed by atoms with E-state index >= 15 is 0 Å². The summed E-state index contributed by atoms with van der Waals surface area (Å²) in [5.74, 6) is 1.25. The second-order valence-electron chi connectivity index (χ2n) is 4.73. The van der Waals surface area contributed by atoms with Crippen molar-refractivity contribution in [2.75, 3.05) is 19.5 Å². The largest absolute Gasteiger partial charge is 0.385 e. The molecule has 0 saturated heterocycles. The first-order valence-electron chi connectivity index (χ1n) is 6.64. The molecule has 3 atom stereocenters. The molecule has 0 bridgehead atoms. The number of ether oxygens (including phenoxy) is 1. The van der Waals surface area contributed by atoms with E-state index in [4.69, 9.17) is 4.74 Å². The molecule has 0 aromatic rings. The number of methoxy groups -OCH3 is 1. The average Bonchev–Trinajstić information content (AvgIpc) is 2.29. The van der Waals surface area contributed by atoms with Gasteiger partial charge in [-0.25, -0.2) is 0 Å². The number of hydrogen-bond donors (Lipinski definition) is 1. The second-order valence-corrected chi connectivity index (χ2v) is 6.25. The molecule has 3 heteroatoms. The molecule has 3 unspecified atom stereocenters. The Bertz CT molecular complexity index is 175. The van der Waals surface area contributed by atoms with Gasteiger partial charge in [0.2, 0.25) is 0 Å². The lowest BCUT2D eigenvalue weighted by Crippen LogP contribution is -2.45. The van der Waals surface area contributed by atoms with Gasteiger partial charge in [0.1, 0.15) is 0 Å². The lowest BCUT2D eigenvalue weighted by Gasteiger charge is -2.34. The summed E-state index contributed by atoms with van der Waals surface area (Å²) in [4.78, 5) is 0. The van der Waals surface area contributed by atoms with E-state index in [-0.39, 0.29) is 0 Å². The summed E-state index contributed by atoms with van der Waals surface area (Å²) in [6.45, 7) is 5.42. The summed E-state index contributed by atoms with van der Waals surface area (Å²) in [7, 11) is 1.78. The van der Waals surface area contributed by atoms with E-state index < -0.39 is 0 Å². The molecule has 0 aromatic heterocycles. The van der Waals surface area contributed by atoms with Gasteiger partial charge in [0.15, 0.2) is 0 Å². The quantitative estimate of drug-likeness (QED) is 0.745. The van der Waals surface area contributed by atoms with E-state index in [0.29, 0.717) is 6.04 Å². The van der Waals surface area contributed by atoms with Crippen molar-refractivity contribution in [3.8, 4) is 0 Å². The van der Waals surface area contributed by atoms with Crippen LogP contribution in [-0.4, -0.2) is 36.8 Å². The highest BCUT2D eigenvalue weighted by Crippen LogP contribution is 2.28. The SMILES string of the molecule is CCSC1CCCCC1NC(C)CCOC. The molecule has 0 spiro atoms. The third kappa shape index (κ3) is 5.07. The van der Waals surface area contributed by atoms with E-state index in [9.17, 15) is 0 Å². The van der Waals surface area contributed by atoms with Gasteiger partial charge >= 0.3 is 0 Å². The molecule has 2 nitrogen and oxygen atoms in total. The van der Waals surface area contributed by atoms with Crippen LogP contribution in [0.2, 0.25) is 0 Å². The van der Waals surface area contributed by atoms with Gasteiger partial charge in [0.25, 0.3) is 0 Å². The fraction of sp³-hybridized carbons (Fsp3) is 1.00. The van der Waals surface area contributed by atoms with Crippen LogP contribution in [0.5, 0.6) is 0 Å². The normalized spacial score (nSPS) is 27.9. The van der Waals surface area contributed by atoms with E-state index in [1.54, 1.807) is 7.11 Å². The molecule has 1 aliphatic rings. The van der Waals surface area contributed by atoms with E-state index in [2.05, 4.69) is 30.9 Å². The van der Waals surface area contributed by atoms with Gasteiger partial charge in [-0.3, -0.25) is 0 Å². The fourth-order valence-corrected chi connectivity index (χ4v) is 3.65. The maximum atomic E-state index is 5.13. The van der Waals surface area contributed by atoms with Gasteiger partial charge in [0, 0.05) is 31.1 Å². The highest BCUT2D eigenvalue weighted by atomic mass is 32.2. The predicted octanol–water partition coefficient (Wildman–Crippen LogP) is 3.07. The summed E-state index contributed by atoms with van der Waals surface area (Å²) >= 11 is 2.13. The van der Waals surface area contributed by atoms with Gasteiger partial charge in [0.05, 0.1) is 0 Å². The van der Waals surface area contributed by atoms with Crippen LogP contribution >= 0.6 is 11.8 Å². The smallest absolute Gasteiger partial charge is 0.0476 e. The summed E-state index contributed by atoms with van der Waals surface area (Å²) in [5, 5.41) is 4.62. The van der Waals surface area contributed by atoms with E-state index in [1.165, 1.54) is 31.4 Å². The van der Waals surface area contributed by atoms with Crippen molar-refractivity contribution in [3.05, 3.63) is 0 Å². The molecule has 1 N–H and O–H groups in total. The Morgan fingerprint density at radius 2 is 2.12 bits per heavy atom. The summed E-state index contributed by atoms with van der Waals surface area (Å²) < 4.78 is 5.13. The zero-order chi connectivity index (χ0) is 11.8. The molecule has 0 aromatic carbocycles. The second kappa shape index (κ2) is 8.37. The monoisotopic (exact) mass is 245 g/mol. The average molecular weight is 245 g/mol. The highest BCUT2D eigenvalue weighted by Gasteiger charge is 2.25. The first-order chi connectivity index (χ1) is 7.77. The number of rotatable bonds is 7. The molecule has 0 amide bonds. The molecule has 1 aliphatic carbocycles. The molecule has 1 fully saturated rings. The van der Waals surface area contributed by atoms with Crippen molar-refractivity contribution in [3.63, 3.8) is 0 Å². The van der Waals surface area contributed by atoms with Crippen molar-refractivity contribution >= 4 is 11.8 Å². The maximum Gasteiger partial charge on any atom is 0.0476 e. The molecule has 1 rings (SSSR count). The third-order valence-corrected chi connectivity index (χ3v) is 4.66. The molecule has 0 radical (unpaired) electrons. The molecule has 0 aliphatic heterocycles. The lowest BCUT2D eigenvalue weighted by molar-refractivity contribution is 0.180. The molecule has 96 valence electrons. The Morgan fingerprint density at radius 1 is 1.38 bits per heavy atom. The molecule has 0 heterocycles. The van der Waals surface area contributed by atoms with Crippen molar-refractivity contribution in [2.45, 2.75) is 63.3 Å². The van der Waals surface area contributed by atoms with Crippen LogP contribution in [0.4, 0.5) is 0 Å². The molecule has 16 heavy (non-hydrogen) atoms. The van der Waals surface area contributed by atoms with E-state index in [0.717, 1.165) is 24.3 Å². The minimum Gasteiger partial charge on any atom is -0.385 e. The van der Waals surface area contributed by atoms with Gasteiger partial charge in [-0.05, 0) is 31.9 Å². The van der Waals surface area contributed by atoms with Gasteiger partial charge in [-0.1, -0.05) is 19.8 Å². The van der Waals surface area contributed by atoms with Crippen LogP contribution in [0, 0.1) is 0 Å². The Labute approximate surface area is 105 Å². The van der Waals surface area contributed by atoms with Crippen LogP contribution in [0.25, 0.3) is 0 Å². The Kier molecular flexibility index (Phi) is 7.50. The molecule has 1 saturated carbocycles. The van der Waals surface area contributed by atoms with E-state index in [1.807, 2.05) is 0 Å². The first-order valence-corrected chi connectivity index (χ1v) is 7.69. The Morgan fingerprint density at radius 3 is 2.81 bits per heavy atom. The zero-order valence-corrected chi connectivity index (χ0v) is 11.8. The number of hydrogen-bond acceptors (Lipinski definition) is 3. The van der Waals surface area contributed by atoms with Crippen molar-refractivity contribution in [1.29, 1.82) is 0 Å². The number of thioether (sulfide) groups is 1. The van der Waals surface area contributed by atoms with Crippen molar-refractivity contribution in [1.82, 2.24) is 5.32 Å². The van der Waals surface area contributed by atoms with Gasteiger partial charge in [-0.15, -0.1) is 0 Å². The highest BCUT2D eigenvalue weighted by molar-refractivity contribution is 7.99. The topological polar surface area (TPSA) is 21.3 Å². The minimum absolute atomic E-state index is 0.586. The maximum absolute atomic E-state index is 5.13. The minimum atomic E-state index is 0.586. The van der Waals surface area contributed by atoms with Crippen LogP contribution in [0.1, 0.15) is 46.0 Å².